The van der Waals surface area contributed by atoms with E-state index in [1.807, 2.05) is 18.3 Å². The zero-order valence-corrected chi connectivity index (χ0v) is 13.5. The van der Waals surface area contributed by atoms with Gasteiger partial charge in [-0.05, 0) is 48.4 Å². The van der Waals surface area contributed by atoms with Crippen LogP contribution in [0.5, 0.6) is 0 Å². The third-order valence-corrected chi connectivity index (χ3v) is 4.67. The van der Waals surface area contributed by atoms with Gasteiger partial charge in [0.15, 0.2) is 0 Å². The Morgan fingerprint density at radius 2 is 1.85 bits per heavy atom. The van der Waals surface area contributed by atoms with Crippen LogP contribution >= 0.6 is 11.6 Å². The molecule has 0 saturated carbocycles. The van der Waals surface area contributed by atoms with Gasteiger partial charge in [-0.3, -0.25) is 4.98 Å². The van der Waals surface area contributed by atoms with Gasteiger partial charge in [-0.2, -0.15) is 0 Å². The molecule has 0 N–H and O–H groups in total. The van der Waals surface area contributed by atoms with Crippen molar-refractivity contribution in [2.45, 2.75) is 52.4 Å². The number of halogens is 1. The topological polar surface area (TPSA) is 12.9 Å². The normalized spacial score (nSPS) is 13.1. The molecule has 108 valence electrons. The van der Waals surface area contributed by atoms with Gasteiger partial charge in [0.05, 0.1) is 5.52 Å². The molecule has 0 saturated heterocycles. The Labute approximate surface area is 127 Å². The second-order valence-corrected chi connectivity index (χ2v) is 6.16. The highest BCUT2D eigenvalue weighted by atomic mass is 35.5. The van der Waals surface area contributed by atoms with E-state index in [0.717, 1.165) is 16.5 Å². The van der Waals surface area contributed by atoms with E-state index >= 15 is 0 Å². The monoisotopic (exact) mass is 289 g/mol. The fourth-order valence-corrected chi connectivity index (χ4v) is 3.08. The van der Waals surface area contributed by atoms with Gasteiger partial charge in [0, 0.05) is 16.6 Å². The zero-order valence-electron chi connectivity index (χ0n) is 12.7. The van der Waals surface area contributed by atoms with E-state index in [1.54, 1.807) is 0 Å². The van der Waals surface area contributed by atoms with Crippen molar-refractivity contribution in [2.24, 2.45) is 5.92 Å². The molecule has 0 aliphatic heterocycles. The van der Waals surface area contributed by atoms with E-state index in [2.05, 4.69) is 37.9 Å². The van der Waals surface area contributed by atoms with Crippen molar-refractivity contribution in [2.75, 3.05) is 0 Å². The summed E-state index contributed by atoms with van der Waals surface area (Å²) in [5.74, 6) is 1.43. The van der Waals surface area contributed by atoms with Crippen molar-refractivity contribution in [3.05, 3.63) is 41.0 Å². The lowest BCUT2D eigenvalue weighted by Gasteiger charge is -2.18. The summed E-state index contributed by atoms with van der Waals surface area (Å²) in [6.07, 6.45) is 7.03. The average Bonchev–Trinajstić information content (AvgIpc) is 2.47. The smallest absolute Gasteiger partial charge is 0.0719 e. The zero-order chi connectivity index (χ0) is 14.5. The number of nitrogens with zero attached hydrogens (tertiary/aromatic N) is 1. The molecule has 20 heavy (non-hydrogen) atoms. The SMILES string of the molecule is CCC(CC)CCC(C)c1ccnc2cc(Cl)ccc12. The Morgan fingerprint density at radius 3 is 2.55 bits per heavy atom. The van der Waals surface area contributed by atoms with Crippen LogP contribution in [0.15, 0.2) is 30.5 Å². The molecule has 1 aromatic carbocycles. The number of aromatic nitrogens is 1. The number of rotatable bonds is 6. The van der Waals surface area contributed by atoms with Gasteiger partial charge in [0.1, 0.15) is 0 Å². The Balaban J connectivity index is 2.19. The Hall–Kier alpha value is -1.08. The molecule has 0 bridgehead atoms. The molecular formula is C18H24ClN. The molecule has 0 aliphatic rings. The van der Waals surface area contributed by atoms with Crippen LogP contribution in [0.4, 0.5) is 0 Å². The van der Waals surface area contributed by atoms with E-state index < -0.39 is 0 Å². The quantitative estimate of drug-likeness (QED) is 0.616. The molecule has 2 heteroatoms. The van der Waals surface area contributed by atoms with E-state index in [4.69, 9.17) is 11.6 Å². The third kappa shape index (κ3) is 3.52. The summed E-state index contributed by atoms with van der Waals surface area (Å²) in [6, 6.07) is 8.18. The molecule has 0 spiro atoms. The Kier molecular flexibility index (Phi) is 5.42. The Morgan fingerprint density at radius 1 is 1.10 bits per heavy atom. The van der Waals surface area contributed by atoms with Gasteiger partial charge in [-0.25, -0.2) is 0 Å². The van der Waals surface area contributed by atoms with Crippen molar-refractivity contribution >= 4 is 22.5 Å². The van der Waals surface area contributed by atoms with Gasteiger partial charge in [-0.1, -0.05) is 51.3 Å². The molecule has 1 atom stereocenters. The van der Waals surface area contributed by atoms with Crippen molar-refractivity contribution < 1.29 is 0 Å². The van der Waals surface area contributed by atoms with Crippen LogP contribution in [0.2, 0.25) is 5.02 Å². The number of fused-ring (bicyclic) bond motifs is 1. The van der Waals surface area contributed by atoms with Crippen molar-refractivity contribution in [1.82, 2.24) is 4.98 Å². The van der Waals surface area contributed by atoms with E-state index in [1.165, 1.54) is 36.6 Å². The summed E-state index contributed by atoms with van der Waals surface area (Å²) in [4.78, 5) is 4.43. The highest BCUT2D eigenvalue weighted by molar-refractivity contribution is 6.31. The molecule has 1 heterocycles. The molecule has 2 aromatic rings. The first-order chi connectivity index (χ1) is 9.65. The van der Waals surface area contributed by atoms with E-state index in [9.17, 15) is 0 Å². The van der Waals surface area contributed by atoms with Crippen LogP contribution in [0, 0.1) is 5.92 Å². The molecule has 0 aliphatic carbocycles. The van der Waals surface area contributed by atoms with Crippen LogP contribution < -0.4 is 0 Å². The molecular weight excluding hydrogens is 266 g/mol. The van der Waals surface area contributed by atoms with E-state index in [0.29, 0.717) is 5.92 Å². The first kappa shape index (κ1) is 15.3. The minimum absolute atomic E-state index is 0.572. The van der Waals surface area contributed by atoms with Crippen LogP contribution in [0.3, 0.4) is 0 Å². The first-order valence-corrected chi connectivity index (χ1v) is 8.07. The molecule has 0 amide bonds. The van der Waals surface area contributed by atoms with Gasteiger partial charge in [-0.15, -0.1) is 0 Å². The maximum Gasteiger partial charge on any atom is 0.0719 e. The number of hydrogen-bond acceptors (Lipinski definition) is 1. The summed E-state index contributed by atoms with van der Waals surface area (Å²) in [5, 5.41) is 2.00. The summed E-state index contributed by atoms with van der Waals surface area (Å²) < 4.78 is 0. The van der Waals surface area contributed by atoms with Gasteiger partial charge >= 0.3 is 0 Å². The minimum atomic E-state index is 0.572. The number of benzene rings is 1. The van der Waals surface area contributed by atoms with Gasteiger partial charge < -0.3 is 0 Å². The largest absolute Gasteiger partial charge is 0.256 e. The first-order valence-electron chi connectivity index (χ1n) is 7.69. The number of hydrogen-bond donors (Lipinski definition) is 0. The summed E-state index contributed by atoms with van der Waals surface area (Å²) in [5.41, 5.74) is 2.40. The van der Waals surface area contributed by atoms with Crippen molar-refractivity contribution in [3.63, 3.8) is 0 Å². The lowest BCUT2D eigenvalue weighted by atomic mass is 9.88. The predicted molar refractivity (Wildman–Crippen MR) is 88.5 cm³/mol. The third-order valence-electron chi connectivity index (χ3n) is 4.43. The van der Waals surface area contributed by atoms with Crippen LogP contribution in [-0.4, -0.2) is 4.98 Å². The molecule has 2 rings (SSSR count). The minimum Gasteiger partial charge on any atom is -0.256 e. The fraction of sp³-hybridized carbons (Fsp3) is 0.500. The van der Waals surface area contributed by atoms with Crippen molar-refractivity contribution in [1.29, 1.82) is 0 Å². The molecule has 1 unspecified atom stereocenters. The van der Waals surface area contributed by atoms with E-state index in [-0.39, 0.29) is 0 Å². The lowest BCUT2D eigenvalue weighted by molar-refractivity contribution is 0.424. The summed E-state index contributed by atoms with van der Waals surface area (Å²) >= 11 is 6.05. The second-order valence-electron chi connectivity index (χ2n) is 5.72. The van der Waals surface area contributed by atoms with Crippen molar-refractivity contribution in [3.8, 4) is 0 Å². The summed E-state index contributed by atoms with van der Waals surface area (Å²) in [6.45, 7) is 6.91. The van der Waals surface area contributed by atoms with Crippen LogP contribution in [-0.2, 0) is 0 Å². The van der Waals surface area contributed by atoms with Gasteiger partial charge in [0.25, 0.3) is 0 Å². The predicted octanol–water partition coefficient (Wildman–Crippen LogP) is 6.21. The maximum atomic E-state index is 6.05. The standard InChI is InChI=1S/C18H24ClN/c1-4-14(5-2)7-6-13(3)16-10-11-20-18-12-15(19)8-9-17(16)18/h8-14H,4-7H2,1-3H3. The summed E-state index contributed by atoms with van der Waals surface area (Å²) in [7, 11) is 0. The highest BCUT2D eigenvalue weighted by Gasteiger charge is 2.12. The molecule has 1 nitrogen and oxygen atoms in total. The highest BCUT2D eigenvalue weighted by Crippen LogP contribution is 2.30. The Bertz CT molecular complexity index is 560. The van der Waals surface area contributed by atoms with Gasteiger partial charge in [0.2, 0.25) is 0 Å². The lowest BCUT2D eigenvalue weighted by Crippen LogP contribution is -2.02. The second kappa shape index (κ2) is 7.08. The van der Waals surface area contributed by atoms with Crippen LogP contribution in [0.1, 0.15) is 57.9 Å². The van der Waals surface area contributed by atoms with Crippen LogP contribution in [0.25, 0.3) is 10.9 Å². The fourth-order valence-electron chi connectivity index (χ4n) is 2.91. The number of pyridine rings is 1. The molecule has 1 aromatic heterocycles. The maximum absolute atomic E-state index is 6.05. The molecule has 0 radical (unpaired) electrons. The molecule has 0 fully saturated rings. The average molecular weight is 290 g/mol.